The van der Waals surface area contributed by atoms with E-state index in [9.17, 15) is 9.59 Å². The topological polar surface area (TPSA) is 109 Å². The Morgan fingerprint density at radius 1 is 1.52 bits per heavy atom. The van der Waals surface area contributed by atoms with Crippen LogP contribution < -0.4 is 20.5 Å². The molecule has 0 saturated carbocycles. The third kappa shape index (κ3) is 2.60. The average Bonchev–Trinajstić information content (AvgIpc) is 2.93. The Balaban J connectivity index is 1.72. The van der Waals surface area contributed by atoms with Gasteiger partial charge in [-0.3, -0.25) is 9.78 Å². The first kappa shape index (κ1) is 13.2. The van der Waals surface area contributed by atoms with Crippen molar-refractivity contribution in [3.63, 3.8) is 0 Å². The molecule has 21 heavy (non-hydrogen) atoms. The molecule has 0 saturated heterocycles. The molecule has 8 heteroatoms. The molecule has 1 amide bonds. The molecule has 0 spiro atoms. The summed E-state index contributed by atoms with van der Waals surface area (Å²) in [7, 11) is 1.58. The van der Waals surface area contributed by atoms with Crippen LogP contribution in [0.15, 0.2) is 23.0 Å². The molecule has 1 aliphatic rings. The lowest BCUT2D eigenvalue weighted by molar-refractivity contribution is 0.0904. The molecule has 0 fully saturated rings. The van der Waals surface area contributed by atoms with Crippen molar-refractivity contribution in [3.8, 4) is 11.5 Å². The minimum absolute atomic E-state index is 0.0450. The number of hydrogen-bond acceptors (Lipinski definition) is 5. The van der Waals surface area contributed by atoms with Gasteiger partial charge in [-0.05, 0) is 12.5 Å². The quantitative estimate of drug-likeness (QED) is 0.727. The molecule has 0 aliphatic carbocycles. The van der Waals surface area contributed by atoms with Crippen molar-refractivity contribution < 1.29 is 14.3 Å². The zero-order valence-corrected chi connectivity index (χ0v) is 11.3. The van der Waals surface area contributed by atoms with Crippen LogP contribution in [0.4, 0.5) is 0 Å². The number of amides is 1. The number of fused-ring (bicyclic) bond motifs is 1. The van der Waals surface area contributed by atoms with E-state index in [2.05, 4.69) is 20.5 Å². The minimum atomic E-state index is -0.518. The van der Waals surface area contributed by atoms with E-state index in [1.165, 1.54) is 0 Å². The fraction of sp³-hybridized carbons (Fsp3) is 0.308. The van der Waals surface area contributed by atoms with Gasteiger partial charge in [0.15, 0.2) is 11.5 Å². The van der Waals surface area contributed by atoms with Crippen molar-refractivity contribution in [2.75, 3.05) is 13.7 Å². The molecule has 1 aliphatic heterocycles. The van der Waals surface area contributed by atoms with Gasteiger partial charge in [-0.2, -0.15) is 0 Å². The Morgan fingerprint density at radius 2 is 2.38 bits per heavy atom. The zero-order valence-electron chi connectivity index (χ0n) is 11.3. The molecule has 1 aromatic heterocycles. The van der Waals surface area contributed by atoms with E-state index in [-0.39, 0.29) is 11.9 Å². The van der Waals surface area contributed by atoms with E-state index in [1.807, 2.05) is 18.2 Å². The SMILES string of the molecule is COc1cccc2c1OCC(NC(=O)c1n[nH]c(=O)[nH]1)C2. The van der Waals surface area contributed by atoms with Gasteiger partial charge in [0.05, 0.1) is 13.2 Å². The van der Waals surface area contributed by atoms with Gasteiger partial charge in [-0.25, -0.2) is 9.89 Å². The van der Waals surface area contributed by atoms with Crippen LogP contribution in [0, 0.1) is 0 Å². The Kier molecular flexibility index (Phi) is 3.35. The fourth-order valence-corrected chi connectivity index (χ4v) is 2.28. The molecular weight excluding hydrogens is 276 g/mol. The maximum atomic E-state index is 11.9. The van der Waals surface area contributed by atoms with Crippen molar-refractivity contribution in [2.24, 2.45) is 0 Å². The molecule has 0 bridgehead atoms. The number of hydrogen-bond donors (Lipinski definition) is 3. The number of para-hydroxylation sites is 1. The van der Waals surface area contributed by atoms with E-state index in [0.29, 0.717) is 24.5 Å². The number of carbonyl (C=O) groups excluding carboxylic acids is 1. The summed E-state index contributed by atoms with van der Waals surface area (Å²) in [6.07, 6.45) is 0.618. The van der Waals surface area contributed by atoms with Crippen LogP contribution in [0.2, 0.25) is 0 Å². The number of carbonyl (C=O) groups is 1. The summed E-state index contributed by atoms with van der Waals surface area (Å²) >= 11 is 0. The number of methoxy groups -OCH3 is 1. The Bertz CT molecular complexity index is 721. The summed E-state index contributed by atoms with van der Waals surface area (Å²) in [6.45, 7) is 0.327. The molecule has 2 aromatic rings. The van der Waals surface area contributed by atoms with Crippen molar-refractivity contribution in [2.45, 2.75) is 12.5 Å². The summed E-state index contributed by atoms with van der Waals surface area (Å²) < 4.78 is 10.9. The highest BCUT2D eigenvalue weighted by Gasteiger charge is 2.25. The second kappa shape index (κ2) is 5.31. The normalized spacial score (nSPS) is 16.7. The molecular formula is C13H14N4O4. The van der Waals surface area contributed by atoms with Crippen LogP contribution in [0.3, 0.4) is 0 Å². The number of aromatic nitrogens is 3. The molecule has 1 unspecified atom stereocenters. The van der Waals surface area contributed by atoms with Gasteiger partial charge in [0.2, 0.25) is 5.82 Å². The molecule has 1 aromatic carbocycles. The lowest BCUT2D eigenvalue weighted by Gasteiger charge is -2.26. The van der Waals surface area contributed by atoms with Crippen LogP contribution in [0.25, 0.3) is 0 Å². The van der Waals surface area contributed by atoms with Gasteiger partial charge in [0.1, 0.15) is 6.61 Å². The number of nitrogens with zero attached hydrogens (tertiary/aromatic N) is 1. The predicted octanol–water partition coefficient (Wildman–Crippen LogP) is -0.160. The maximum Gasteiger partial charge on any atom is 0.341 e. The molecule has 2 heterocycles. The van der Waals surface area contributed by atoms with E-state index in [0.717, 1.165) is 5.56 Å². The highest BCUT2D eigenvalue weighted by Crippen LogP contribution is 2.34. The van der Waals surface area contributed by atoms with E-state index in [1.54, 1.807) is 7.11 Å². The third-order valence-electron chi connectivity index (χ3n) is 3.23. The van der Waals surface area contributed by atoms with Gasteiger partial charge < -0.3 is 14.8 Å². The first-order chi connectivity index (χ1) is 10.2. The lowest BCUT2D eigenvalue weighted by Crippen LogP contribution is -2.43. The first-order valence-corrected chi connectivity index (χ1v) is 6.41. The lowest BCUT2D eigenvalue weighted by atomic mass is 10.0. The largest absolute Gasteiger partial charge is 0.493 e. The van der Waals surface area contributed by atoms with Crippen LogP contribution in [-0.2, 0) is 6.42 Å². The molecule has 1 atom stereocenters. The van der Waals surface area contributed by atoms with Crippen LogP contribution in [-0.4, -0.2) is 40.8 Å². The highest BCUT2D eigenvalue weighted by atomic mass is 16.5. The van der Waals surface area contributed by atoms with Gasteiger partial charge >= 0.3 is 5.69 Å². The average molecular weight is 290 g/mol. The molecule has 8 nitrogen and oxygen atoms in total. The minimum Gasteiger partial charge on any atom is -0.493 e. The Labute approximate surface area is 119 Å². The van der Waals surface area contributed by atoms with Gasteiger partial charge in [-0.15, -0.1) is 5.10 Å². The van der Waals surface area contributed by atoms with Crippen LogP contribution in [0.1, 0.15) is 16.2 Å². The molecule has 3 rings (SSSR count). The molecule has 0 radical (unpaired) electrons. The van der Waals surface area contributed by atoms with Crippen molar-refractivity contribution in [3.05, 3.63) is 40.1 Å². The monoisotopic (exact) mass is 290 g/mol. The van der Waals surface area contributed by atoms with Crippen molar-refractivity contribution >= 4 is 5.91 Å². The summed E-state index contributed by atoms with van der Waals surface area (Å²) in [4.78, 5) is 25.2. The van der Waals surface area contributed by atoms with Crippen LogP contribution in [0.5, 0.6) is 11.5 Å². The summed E-state index contributed by atoms with van der Waals surface area (Å²) in [5.74, 6) is 0.886. The number of benzene rings is 1. The smallest absolute Gasteiger partial charge is 0.341 e. The summed E-state index contributed by atoms with van der Waals surface area (Å²) in [5, 5.41) is 8.50. The fourth-order valence-electron chi connectivity index (χ4n) is 2.28. The number of nitrogens with one attached hydrogen (secondary N) is 3. The summed E-state index contributed by atoms with van der Waals surface area (Å²) in [6, 6.07) is 5.42. The van der Waals surface area contributed by atoms with E-state index >= 15 is 0 Å². The molecule has 3 N–H and O–H groups in total. The number of aromatic amines is 2. The standard InChI is InChI=1S/C13H14N4O4/c1-20-9-4-2-3-7-5-8(6-21-10(7)9)14-12(18)11-15-13(19)17-16-11/h2-4,8H,5-6H2,1H3,(H,14,18)(H2,15,16,17,19). The Morgan fingerprint density at radius 3 is 3.10 bits per heavy atom. The number of rotatable bonds is 3. The first-order valence-electron chi connectivity index (χ1n) is 6.41. The predicted molar refractivity (Wildman–Crippen MR) is 72.7 cm³/mol. The summed E-state index contributed by atoms with van der Waals surface area (Å²) in [5.41, 5.74) is 0.441. The number of H-pyrrole nitrogens is 2. The second-order valence-electron chi connectivity index (χ2n) is 4.66. The van der Waals surface area contributed by atoms with Gasteiger partial charge in [-0.1, -0.05) is 12.1 Å². The zero-order chi connectivity index (χ0) is 14.8. The van der Waals surface area contributed by atoms with Gasteiger partial charge in [0, 0.05) is 5.56 Å². The van der Waals surface area contributed by atoms with E-state index in [4.69, 9.17) is 9.47 Å². The van der Waals surface area contributed by atoms with E-state index < -0.39 is 11.6 Å². The highest BCUT2D eigenvalue weighted by molar-refractivity contribution is 5.90. The van der Waals surface area contributed by atoms with Gasteiger partial charge in [0.25, 0.3) is 5.91 Å². The van der Waals surface area contributed by atoms with Crippen LogP contribution >= 0.6 is 0 Å². The van der Waals surface area contributed by atoms with Crippen molar-refractivity contribution in [1.29, 1.82) is 0 Å². The maximum absolute atomic E-state index is 11.9. The number of ether oxygens (including phenoxy) is 2. The third-order valence-corrected chi connectivity index (χ3v) is 3.23. The van der Waals surface area contributed by atoms with Crippen molar-refractivity contribution in [1.82, 2.24) is 20.5 Å². The molecule has 110 valence electrons. The second-order valence-corrected chi connectivity index (χ2v) is 4.66. The Hall–Kier alpha value is -2.77.